The van der Waals surface area contributed by atoms with Gasteiger partial charge in [-0.3, -0.25) is 4.79 Å². The zero-order valence-electron chi connectivity index (χ0n) is 13.6. The van der Waals surface area contributed by atoms with Crippen LogP contribution in [0.3, 0.4) is 0 Å². The second kappa shape index (κ2) is 6.37. The molecular formula is C17H25NO3. The summed E-state index contributed by atoms with van der Waals surface area (Å²) in [5, 5.41) is 0. The lowest BCUT2D eigenvalue weighted by atomic mass is 9.85. The third kappa shape index (κ3) is 2.85. The van der Waals surface area contributed by atoms with Gasteiger partial charge in [-0.1, -0.05) is 20.8 Å². The van der Waals surface area contributed by atoms with E-state index in [0.29, 0.717) is 12.3 Å². The summed E-state index contributed by atoms with van der Waals surface area (Å²) in [7, 11) is 3.30. The molecule has 0 saturated carbocycles. The molecule has 4 nitrogen and oxygen atoms in total. The number of hydrogen-bond donors (Lipinski definition) is 0. The van der Waals surface area contributed by atoms with Crippen LogP contribution in [-0.4, -0.2) is 31.6 Å². The maximum Gasteiger partial charge on any atom is 0.222 e. The number of rotatable bonds is 4. The Labute approximate surface area is 127 Å². The molecular weight excluding hydrogens is 266 g/mol. The van der Waals surface area contributed by atoms with E-state index < -0.39 is 0 Å². The van der Waals surface area contributed by atoms with E-state index in [9.17, 15) is 4.79 Å². The molecule has 4 heteroatoms. The van der Waals surface area contributed by atoms with Gasteiger partial charge in [-0.05, 0) is 35.6 Å². The Kier molecular flexibility index (Phi) is 4.76. The summed E-state index contributed by atoms with van der Waals surface area (Å²) in [4.78, 5) is 14.3. The molecule has 0 saturated heterocycles. The zero-order chi connectivity index (χ0) is 15.6. The van der Waals surface area contributed by atoms with Crippen LogP contribution in [0.1, 0.15) is 44.4 Å². The van der Waals surface area contributed by atoms with Gasteiger partial charge in [-0.15, -0.1) is 0 Å². The van der Waals surface area contributed by atoms with Crippen molar-refractivity contribution >= 4 is 5.91 Å². The highest BCUT2D eigenvalue weighted by atomic mass is 16.5. The molecule has 116 valence electrons. The Morgan fingerprint density at radius 1 is 1.29 bits per heavy atom. The number of nitrogens with zero attached hydrogens (tertiary/aromatic N) is 1. The van der Waals surface area contributed by atoms with Gasteiger partial charge in [0, 0.05) is 13.0 Å². The largest absolute Gasteiger partial charge is 0.493 e. The van der Waals surface area contributed by atoms with Gasteiger partial charge in [0.05, 0.1) is 20.3 Å². The summed E-state index contributed by atoms with van der Waals surface area (Å²) in [6.45, 7) is 7.01. The minimum atomic E-state index is 0.112. The van der Waals surface area contributed by atoms with Gasteiger partial charge in [-0.2, -0.15) is 0 Å². The number of ether oxygens (including phenoxy) is 2. The van der Waals surface area contributed by atoms with Crippen molar-refractivity contribution < 1.29 is 14.3 Å². The second-order valence-electron chi connectivity index (χ2n) is 5.79. The molecule has 21 heavy (non-hydrogen) atoms. The number of carbonyl (C=O) groups is 1. The molecule has 1 heterocycles. The molecule has 0 N–H and O–H groups in total. The summed E-state index contributed by atoms with van der Waals surface area (Å²) in [5.74, 6) is 2.06. The SMILES string of the molecule is CCC(=O)N1CCc2cc(OC)c(OC)cc2C1C(C)C. The van der Waals surface area contributed by atoms with Crippen molar-refractivity contribution in [3.63, 3.8) is 0 Å². The van der Waals surface area contributed by atoms with E-state index in [-0.39, 0.29) is 11.9 Å². The average Bonchev–Trinajstić information content (AvgIpc) is 2.51. The van der Waals surface area contributed by atoms with Crippen molar-refractivity contribution in [3.05, 3.63) is 23.3 Å². The van der Waals surface area contributed by atoms with Crippen LogP contribution in [0, 0.1) is 5.92 Å². The van der Waals surface area contributed by atoms with Gasteiger partial charge in [0.2, 0.25) is 5.91 Å². The highest BCUT2D eigenvalue weighted by Gasteiger charge is 2.33. The molecule has 1 unspecified atom stereocenters. The summed E-state index contributed by atoms with van der Waals surface area (Å²) < 4.78 is 10.8. The standard InChI is InChI=1S/C17H25NO3/c1-6-16(19)18-8-7-12-9-14(20-4)15(21-5)10-13(12)17(18)11(2)3/h9-11,17H,6-8H2,1-5H3. The number of hydrogen-bond acceptors (Lipinski definition) is 3. The summed E-state index contributed by atoms with van der Waals surface area (Å²) in [5.41, 5.74) is 2.45. The van der Waals surface area contributed by atoms with Crippen molar-refractivity contribution in [2.24, 2.45) is 5.92 Å². The third-order valence-electron chi connectivity index (χ3n) is 4.18. The Hall–Kier alpha value is -1.71. The van der Waals surface area contributed by atoms with E-state index in [2.05, 4.69) is 19.9 Å². The fraction of sp³-hybridized carbons (Fsp3) is 0.588. The molecule has 1 amide bonds. The molecule has 1 aliphatic rings. The Morgan fingerprint density at radius 2 is 1.90 bits per heavy atom. The van der Waals surface area contributed by atoms with Crippen molar-refractivity contribution in [1.29, 1.82) is 0 Å². The van der Waals surface area contributed by atoms with Gasteiger partial charge in [0.25, 0.3) is 0 Å². The lowest BCUT2D eigenvalue weighted by Crippen LogP contribution is -2.41. The first kappa shape index (κ1) is 15.7. The van der Waals surface area contributed by atoms with E-state index in [4.69, 9.17) is 9.47 Å². The molecule has 0 fully saturated rings. The van der Waals surface area contributed by atoms with Crippen LogP contribution < -0.4 is 9.47 Å². The first-order chi connectivity index (χ1) is 10.0. The van der Waals surface area contributed by atoms with Crippen molar-refractivity contribution in [2.45, 2.75) is 39.7 Å². The van der Waals surface area contributed by atoms with Crippen LogP contribution in [0.2, 0.25) is 0 Å². The van der Waals surface area contributed by atoms with E-state index >= 15 is 0 Å². The van der Waals surface area contributed by atoms with Crippen molar-refractivity contribution in [3.8, 4) is 11.5 Å². The van der Waals surface area contributed by atoms with Crippen LogP contribution in [0.5, 0.6) is 11.5 Å². The fourth-order valence-electron chi connectivity index (χ4n) is 3.18. The topological polar surface area (TPSA) is 38.8 Å². The van der Waals surface area contributed by atoms with E-state index in [0.717, 1.165) is 24.5 Å². The first-order valence-electron chi connectivity index (χ1n) is 7.57. The maximum absolute atomic E-state index is 12.2. The number of amides is 1. The highest BCUT2D eigenvalue weighted by molar-refractivity contribution is 5.77. The predicted molar refractivity (Wildman–Crippen MR) is 82.8 cm³/mol. The fourth-order valence-corrected chi connectivity index (χ4v) is 3.18. The zero-order valence-corrected chi connectivity index (χ0v) is 13.6. The molecule has 1 aromatic rings. The maximum atomic E-state index is 12.2. The monoisotopic (exact) mass is 291 g/mol. The van der Waals surface area contributed by atoms with Gasteiger partial charge in [0.15, 0.2) is 11.5 Å². The number of methoxy groups -OCH3 is 2. The minimum absolute atomic E-state index is 0.112. The van der Waals surface area contributed by atoms with Crippen LogP contribution >= 0.6 is 0 Å². The molecule has 2 rings (SSSR count). The van der Waals surface area contributed by atoms with Gasteiger partial charge < -0.3 is 14.4 Å². The highest BCUT2D eigenvalue weighted by Crippen LogP contribution is 2.41. The first-order valence-corrected chi connectivity index (χ1v) is 7.57. The Morgan fingerprint density at radius 3 is 2.43 bits per heavy atom. The quantitative estimate of drug-likeness (QED) is 0.855. The van der Waals surface area contributed by atoms with E-state index in [1.807, 2.05) is 17.9 Å². The van der Waals surface area contributed by atoms with Gasteiger partial charge in [-0.25, -0.2) is 0 Å². The lowest BCUT2D eigenvalue weighted by molar-refractivity contribution is -0.134. The summed E-state index contributed by atoms with van der Waals surface area (Å²) >= 11 is 0. The smallest absolute Gasteiger partial charge is 0.222 e. The van der Waals surface area contributed by atoms with Crippen LogP contribution in [0.25, 0.3) is 0 Å². The Bertz CT molecular complexity index is 525. The van der Waals surface area contributed by atoms with Crippen LogP contribution in [0.15, 0.2) is 12.1 Å². The molecule has 0 aromatic heterocycles. The summed E-state index contributed by atoms with van der Waals surface area (Å²) in [6.07, 6.45) is 1.41. The molecule has 0 aliphatic carbocycles. The van der Waals surface area contributed by atoms with Gasteiger partial charge >= 0.3 is 0 Å². The molecule has 1 aliphatic heterocycles. The molecule has 1 atom stereocenters. The van der Waals surface area contributed by atoms with Crippen molar-refractivity contribution in [1.82, 2.24) is 4.90 Å². The number of benzene rings is 1. The average molecular weight is 291 g/mol. The minimum Gasteiger partial charge on any atom is -0.493 e. The lowest BCUT2D eigenvalue weighted by Gasteiger charge is -2.40. The molecule has 0 radical (unpaired) electrons. The normalized spacial score (nSPS) is 17.6. The van der Waals surface area contributed by atoms with Gasteiger partial charge in [0.1, 0.15) is 0 Å². The summed E-state index contributed by atoms with van der Waals surface area (Å²) in [6, 6.07) is 4.20. The number of fused-ring (bicyclic) bond motifs is 1. The molecule has 0 bridgehead atoms. The van der Waals surface area contributed by atoms with Crippen LogP contribution in [-0.2, 0) is 11.2 Å². The predicted octanol–water partition coefficient (Wildman–Crippen LogP) is 3.20. The third-order valence-corrected chi connectivity index (χ3v) is 4.18. The van der Waals surface area contributed by atoms with Crippen LogP contribution in [0.4, 0.5) is 0 Å². The van der Waals surface area contributed by atoms with E-state index in [1.165, 1.54) is 11.1 Å². The molecule has 1 aromatic carbocycles. The molecule has 0 spiro atoms. The number of carbonyl (C=O) groups excluding carboxylic acids is 1. The van der Waals surface area contributed by atoms with Crippen molar-refractivity contribution in [2.75, 3.05) is 20.8 Å². The van der Waals surface area contributed by atoms with E-state index in [1.54, 1.807) is 14.2 Å². The Balaban J connectivity index is 2.51. The second-order valence-corrected chi connectivity index (χ2v) is 5.79.